The van der Waals surface area contributed by atoms with Crippen LogP contribution in [0, 0.1) is 0 Å². The Hall–Kier alpha value is -1.00. The number of thioether (sulfide) groups is 1. The molecule has 1 saturated carbocycles. The van der Waals surface area contributed by atoms with E-state index in [1.807, 2.05) is 36.0 Å². The summed E-state index contributed by atoms with van der Waals surface area (Å²) in [7, 11) is 1.40. The molecule has 0 unspecified atom stereocenters. The second kappa shape index (κ2) is 7.14. The van der Waals surface area contributed by atoms with E-state index in [0.717, 1.165) is 13.1 Å². The van der Waals surface area contributed by atoms with Crippen molar-refractivity contribution in [3.8, 4) is 0 Å². The molecule has 110 valence electrons. The van der Waals surface area contributed by atoms with E-state index in [9.17, 15) is 4.79 Å². The third-order valence-corrected chi connectivity index (χ3v) is 5.52. The van der Waals surface area contributed by atoms with Gasteiger partial charge in [-0.3, -0.25) is 0 Å². The van der Waals surface area contributed by atoms with Crippen molar-refractivity contribution in [3.05, 3.63) is 35.4 Å². The molecule has 0 atom stereocenters. The molecule has 0 saturated heterocycles. The molecule has 3 nitrogen and oxygen atoms in total. The van der Waals surface area contributed by atoms with E-state index >= 15 is 0 Å². The Labute approximate surface area is 125 Å². The fraction of sp³-hybridized carbons (Fsp3) is 0.562. The number of methoxy groups -OCH3 is 1. The van der Waals surface area contributed by atoms with E-state index in [-0.39, 0.29) is 5.97 Å². The quantitative estimate of drug-likeness (QED) is 0.817. The summed E-state index contributed by atoms with van der Waals surface area (Å²) in [4.78, 5) is 11.4. The smallest absolute Gasteiger partial charge is 0.337 e. The molecule has 1 aromatic carbocycles. The summed E-state index contributed by atoms with van der Waals surface area (Å²) in [6.45, 7) is 1.91. The molecule has 4 heteroatoms. The molecule has 0 aromatic heterocycles. The predicted molar refractivity (Wildman–Crippen MR) is 84.2 cm³/mol. The van der Waals surface area contributed by atoms with Crippen molar-refractivity contribution >= 4 is 17.7 Å². The molecule has 0 heterocycles. The standard InChI is InChI=1S/C16H23NO2S/c1-19-15(18)14-7-5-13(6-8-14)11-17-12-16(20-2)9-3-4-10-16/h5-8,17H,3-4,9-12H2,1-2H3. The maximum Gasteiger partial charge on any atom is 0.337 e. The van der Waals surface area contributed by atoms with E-state index in [4.69, 9.17) is 4.74 Å². The lowest BCUT2D eigenvalue weighted by atomic mass is 10.1. The molecule has 1 N–H and O–H groups in total. The van der Waals surface area contributed by atoms with Gasteiger partial charge in [-0.25, -0.2) is 4.79 Å². The number of benzene rings is 1. The van der Waals surface area contributed by atoms with E-state index in [1.54, 1.807) is 0 Å². The fourth-order valence-corrected chi connectivity index (χ4v) is 3.73. The molecular weight excluding hydrogens is 270 g/mol. The predicted octanol–water partition coefficient (Wildman–Crippen LogP) is 3.24. The number of ether oxygens (including phenoxy) is 1. The van der Waals surface area contributed by atoms with Gasteiger partial charge in [0.15, 0.2) is 0 Å². The van der Waals surface area contributed by atoms with Gasteiger partial charge in [-0.2, -0.15) is 11.8 Å². The topological polar surface area (TPSA) is 38.3 Å². The minimum absolute atomic E-state index is 0.281. The molecule has 0 aliphatic heterocycles. The van der Waals surface area contributed by atoms with Crippen molar-refractivity contribution in [1.82, 2.24) is 5.32 Å². The zero-order valence-corrected chi connectivity index (χ0v) is 13.1. The summed E-state index contributed by atoms with van der Waals surface area (Å²) in [5.41, 5.74) is 1.81. The summed E-state index contributed by atoms with van der Waals surface area (Å²) in [5, 5.41) is 3.56. The van der Waals surface area contributed by atoms with Crippen molar-refractivity contribution in [1.29, 1.82) is 0 Å². The van der Waals surface area contributed by atoms with Crippen molar-refractivity contribution in [3.63, 3.8) is 0 Å². The van der Waals surface area contributed by atoms with E-state index in [2.05, 4.69) is 11.6 Å². The summed E-state index contributed by atoms with van der Waals surface area (Å²) in [6.07, 6.45) is 7.58. The van der Waals surface area contributed by atoms with Crippen LogP contribution in [0.1, 0.15) is 41.6 Å². The minimum Gasteiger partial charge on any atom is -0.465 e. The van der Waals surface area contributed by atoms with E-state index in [1.165, 1.54) is 38.4 Å². The highest BCUT2D eigenvalue weighted by molar-refractivity contribution is 8.00. The normalized spacial score (nSPS) is 17.1. The highest BCUT2D eigenvalue weighted by atomic mass is 32.2. The highest BCUT2D eigenvalue weighted by Crippen LogP contribution is 2.39. The van der Waals surface area contributed by atoms with Gasteiger partial charge in [-0.1, -0.05) is 25.0 Å². The Kier molecular flexibility index (Phi) is 5.49. The lowest BCUT2D eigenvalue weighted by molar-refractivity contribution is 0.0600. The first-order chi connectivity index (χ1) is 9.69. The zero-order chi connectivity index (χ0) is 14.4. The number of esters is 1. The molecule has 1 aliphatic carbocycles. The van der Waals surface area contributed by atoms with Gasteiger partial charge in [-0.15, -0.1) is 0 Å². The number of rotatable bonds is 6. The van der Waals surface area contributed by atoms with Crippen molar-refractivity contribution in [2.45, 2.75) is 37.0 Å². The molecule has 1 aromatic rings. The van der Waals surface area contributed by atoms with Crippen LogP contribution >= 0.6 is 11.8 Å². The average molecular weight is 293 g/mol. The fourth-order valence-electron chi connectivity index (χ4n) is 2.78. The first-order valence-electron chi connectivity index (χ1n) is 7.12. The van der Waals surface area contributed by atoms with Crippen LogP contribution in [0.5, 0.6) is 0 Å². The van der Waals surface area contributed by atoms with Gasteiger partial charge in [0.1, 0.15) is 0 Å². The van der Waals surface area contributed by atoms with E-state index in [0.29, 0.717) is 10.3 Å². The molecule has 0 amide bonds. The van der Waals surface area contributed by atoms with Crippen LogP contribution in [0.2, 0.25) is 0 Å². The third kappa shape index (κ3) is 3.76. The van der Waals surface area contributed by atoms with Crippen LogP contribution in [0.25, 0.3) is 0 Å². The lowest BCUT2D eigenvalue weighted by Crippen LogP contribution is -2.34. The van der Waals surface area contributed by atoms with Gasteiger partial charge in [0.25, 0.3) is 0 Å². The van der Waals surface area contributed by atoms with Gasteiger partial charge in [-0.05, 0) is 36.8 Å². The van der Waals surface area contributed by atoms with E-state index < -0.39 is 0 Å². The van der Waals surface area contributed by atoms with Crippen molar-refractivity contribution in [2.75, 3.05) is 19.9 Å². The molecule has 1 aliphatic rings. The zero-order valence-electron chi connectivity index (χ0n) is 12.3. The number of carbonyl (C=O) groups is 1. The monoisotopic (exact) mass is 293 g/mol. The van der Waals surface area contributed by atoms with Gasteiger partial charge < -0.3 is 10.1 Å². The van der Waals surface area contributed by atoms with Crippen LogP contribution in [-0.4, -0.2) is 30.6 Å². The number of carbonyl (C=O) groups excluding carboxylic acids is 1. The molecule has 1 fully saturated rings. The molecule has 0 radical (unpaired) electrons. The Morgan fingerprint density at radius 2 is 1.95 bits per heavy atom. The third-order valence-electron chi connectivity index (χ3n) is 4.10. The number of hydrogen-bond acceptors (Lipinski definition) is 4. The molecule has 0 bridgehead atoms. The SMILES string of the molecule is COC(=O)c1ccc(CNCC2(SC)CCCC2)cc1. The minimum atomic E-state index is -0.281. The van der Waals surface area contributed by atoms with Crippen LogP contribution in [0.15, 0.2) is 24.3 Å². The average Bonchev–Trinajstić information content (AvgIpc) is 2.96. The first kappa shape index (κ1) is 15.4. The molecule has 2 rings (SSSR count). The summed E-state index contributed by atoms with van der Waals surface area (Å²) >= 11 is 2.00. The van der Waals surface area contributed by atoms with Gasteiger partial charge in [0.05, 0.1) is 12.7 Å². The second-order valence-corrected chi connectivity index (χ2v) is 6.66. The first-order valence-corrected chi connectivity index (χ1v) is 8.35. The Morgan fingerprint density at radius 3 is 2.50 bits per heavy atom. The van der Waals surface area contributed by atoms with Crippen LogP contribution in [0.3, 0.4) is 0 Å². The van der Waals surface area contributed by atoms with Crippen molar-refractivity contribution in [2.24, 2.45) is 0 Å². The van der Waals surface area contributed by atoms with Crippen LogP contribution in [-0.2, 0) is 11.3 Å². The summed E-state index contributed by atoms with van der Waals surface area (Å²) < 4.78 is 5.13. The van der Waals surface area contributed by atoms with Crippen LogP contribution < -0.4 is 5.32 Å². The van der Waals surface area contributed by atoms with Gasteiger partial charge >= 0.3 is 5.97 Å². The maximum atomic E-state index is 11.4. The molecule has 20 heavy (non-hydrogen) atoms. The number of hydrogen-bond donors (Lipinski definition) is 1. The molecule has 0 spiro atoms. The van der Waals surface area contributed by atoms with Gasteiger partial charge in [0, 0.05) is 17.8 Å². The Balaban J connectivity index is 1.83. The highest BCUT2D eigenvalue weighted by Gasteiger charge is 2.32. The number of nitrogens with one attached hydrogen (secondary N) is 1. The van der Waals surface area contributed by atoms with Crippen LogP contribution in [0.4, 0.5) is 0 Å². The molecular formula is C16H23NO2S. The van der Waals surface area contributed by atoms with Gasteiger partial charge in [0.2, 0.25) is 0 Å². The summed E-state index contributed by atoms with van der Waals surface area (Å²) in [6, 6.07) is 7.62. The van der Waals surface area contributed by atoms with Crippen molar-refractivity contribution < 1.29 is 9.53 Å². The second-order valence-electron chi connectivity index (χ2n) is 5.39. The lowest BCUT2D eigenvalue weighted by Gasteiger charge is -2.27. The Morgan fingerprint density at radius 1 is 1.30 bits per heavy atom. The Bertz CT molecular complexity index is 438. The largest absolute Gasteiger partial charge is 0.465 e. The summed E-state index contributed by atoms with van der Waals surface area (Å²) in [5.74, 6) is -0.281. The maximum absolute atomic E-state index is 11.4.